The molecule has 0 aromatic heterocycles. The Morgan fingerprint density at radius 3 is 2.20 bits per heavy atom. The number of methoxy groups -OCH3 is 3. The highest BCUT2D eigenvalue weighted by Crippen LogP contribution is 2.51. The van der Waals surface area contributed by atoms with Crippen molar-refractivity contribution in [2.75, 3.05) is 27.9 Å². The van der Waals surface area contributed by atoms with E-state index < -0.39 is 29.6 Å². The van der Waals surface area contributed by atoms with Gasteiger partial charge in [-0.25, -0.2) is 0 Å². The Kier molecular flexibility index (Phi) is 7.56. The van der Waals surface area contributed by atoms with Crippen LogP contribution in [0.1, 0.15) is 17.0 Å². The molecular weight excluding hydrogens is 448 g/mol. The second kappa shape index (κ2) is 10.8. The third kappa shape index (κ3) is 4.82. The number of rotatable bonds is 9. The lowest BCUT2D eigenvalue weighted by atomic mass is 9.58. The SMILES string of the molecule is COc1cc(C2C3C=CC=CC3C(=O)C(COCc3ccccc3)C2C(=O)O)cc(OC)c1OC. The highest BCUT2D eigenvalue weighted by atomic mass is 16.5. The molecule has 0 bridgehead atoms. The Hall–Kier alpha value is -3.58. The Labute approximate surface area is 205 Å². The molecule has 35 heavy (non-hydrogen) atoms. The van der Waals surface area contributed by atoms with Gasteiger partial charge in [0.25, 0.3) is 0 Å². The van der Waals surface area contributed by atoms with Crippen molar-refractivity contribution in [3.8, 4) is 17.2 Å². The molecule has 0 aliphatic heterocycles. The van der Waals surface area contributed by atoms with E-state index in [1.807, 2.05) is 54.6 Å². The van der Waals surface area contributed by atoms with Crippen LogP contribution in [0.3, 0.4) is 0 Å². The molecule has 2 aromatic carbocycles. The number of carboxylic acids is 1. The average Bonchev–Trinajstić information content (AvgIpc) is 2.89. The predicted octanol–water partition coefficient (Wildman–Crippen LogP) is 4.27. The van der Waals surface area contributed by atoms with Gasteiger partial charge < -0.3 is 24.1 Å². The lowest BCUT2D eigenvalue weighted by Gasteiger charge is -2.44. The molecule has 5 unspecified atom stereocenters. The van der Waals surface area contributed by atoms with Crippen LogP contribution in [0.5, 0.6) is 17.2 Å². The molecule has 7 heteroatoms. The zero-order chi connectivity index (χ0) is 24.9. The maximum atomic E-state index is 13.5. The summed E-state index contributed by atoms with van der Waals surface area (Å²) in [5.74, 6) is -2.90. The van der Waals surface area contributed by atoms with Crippen LogP contribution in [-0.2, 0) is 20.9 Å². The predicted molar refractivity (Wildman–Crippen MR) is 130 cm³/mol. The zero-order valence-electron chi connectivity index (χ0n) is 20.0. The molecule has 184 valence electrons. The summed E-state index contributed by atoms with van der Waals surface area (Å²) >= 11 is 0. The van der Waals surface area contributed by atoms with E-state index in [-0.39, 0.29) is 18.3 Å². The van der Waals surface area contributed by atoms with Crippen LogP contribution in [0.15, 0.2) is 66.8 Å². The molecule has 2 aromatic rings. The minimum Gasteiger partial charge on any atom is -0.493 e. The number of fused-ring (bicyclic) bond motifs is 1. The first kappa shape index (κ1) is 24.5. The highest BCUT2D eigenvalue weighted by Gasteiger charge is 2.52. The lowest BCUT2D eigenvalue weighted by molar-refractivity contribution is -0.155. The van der Waals surface area contributed by atoms with E-state index in [0.717, 1.165) is 5.56 Å². The fraction of sp³-hybridized carbons (Fsp3) is 0.357. The summed E-state index contributed by atoms with van der Waals surface area (Å²) in [6, 6.07) is 13.2. The first-order valence-electron chi connectivity index (χ1n) is 11.5. The second-order valence-corrected chi connectivity index (χ2v) is 8.73. The first-order chi connectivity index (χ1) is 17.0. The third-order valence-electron chi connectivity index (χ3n) is 6.87. The summed E-state index contributed by atoms with van der Waals surface area (Å²) in [6.45, 7) is 0.321. The summed E-state index contributed by atoms with van der Waals surface area (Å²) < 4.78 is 22.4. The Balaban J connectivity index is 1.74. The van der Waals surface area contributed by atoms with Crippen LogP contribution >= 0.6 is 0 Å². The fourth-order valence-corrected chi connectivity index (χ4v) is 5.28. The number of carbonyl (C=O) groups excluding carboxylic acids is 1. The smallest absolute Gasteiger partial charge is 0.307 e. The maximum Gasteiger partial charge on any atom is 0.307 e. The van der Waals surface area contributed by atoms with Gasteiger partial charge >= 0.3 is 5.97 Å². The van der Waals surface area contributed by atoms with Gasteiger partial charge in [-0.15, -0.1) is 0 Å². The third-order valence-corrected chi connectivity index (χ3v) is 6.87. The van der Waals surface area contributed by atoms with E-state index in [0.29, 0.717) is 29.4 Å². The van der Waals surface area contributed by atoms with Crippen molar-refractivity contribution in [3.63, 3.8) is 0 Å². The summed E-state index contributed by atoms with van der Waals surface area (Å²) in [4.78, 5) is 26.2. The standard InChI is InChI=1S/C28H30O7/c1-32-22-13-18(14-23(33-2)27(22)34-3)24-19-11-7-8-12-20(19)26(29)21(25(24)28(30)31)16-35-15-17-9-5-4-6-10-17/h4-14,19-21,24-25H,15-16H2,1-3H3,(H,30,31). The lowest BCUT2D eigenvalue weighted by Crippen LogP contribution is -2.49. The number of aliphatic carboxylic acids is 1. The molecule has 0 amide bonds. The van der Waals surface area contributed by atoms with E-state index in [1.54, 1.807) is 12.1 Å². The van der Waals surface area contributed by atoms with Crippen molar-refractivity contribution in [2.24, 2.45) is 23.7 Å². The Bertz CT molecular complexity index is 1100. The molecule has 5 atom stereocenters. The summed E-state index contributed by atoms with van der Waals surface area (Å²) in [7, 11) is 4.56. The van der Waals surface area contributed by atoms with Crippen molar-refractivity contribution in [1.82, 2.24) is 0 Å². The van der Waals surface area contributed by atoms with Gasteiger partial charge in [0.1, 0.15) is 5.78 Å². The molecule has 1 fully saturated rings. The minimum atomic E-state index is -1.04. The summed E-state index contributed by atoms with van der Waals surface area (Å²) in [5.41, 5.74) is 1.67. The number of allylic oxidation sites excluding steroid dienone is 4. The molecular formula is C28H30O7. The molecule has 0 spiro atoms. The van der Waals surface area contributed by atoms with Crippen LogP contribution in [0.2, 0.25) is 0 Å². The Morgan fingerprint density at radius 1 is 0.943 bits per heavy atom. The molecule has 1 N–H and O–H groups in total. The number of hydrogen-bond donors (Lipinski definition) is 1. The van der Waals surface area contributed by atoms with Gasteiger partial charge in [0.05, 0.1) is 46.4 Å². The highest BCUT2D eigenvalue weighted by molar-refractivity contribution is 5.92. The molecule has 2 aliphatic carbocycles. The molecule has 0 saturated heterocycles. The largest absolute Gasteiger partial charge is 0.493 e. The van der Waals surface area contributed by atoms with E-state index in [4.69, 9.17) is 18.9 Å². The van der Waals surface area contributed by atoms with Gasteiger partial charge in [-0.05, 0) is 29.2 Å². The fourth-order valence-electron chi connectivity index (χ4n) is 5.28. The summed E-state index contributed by atoms with van der Waals surface area (Å²) in [5, 5.41) is 10.4. The van der Waals surface area contributed by atoms with Gasteiger partial charge in [-0.2, -0.15) is 0 Å². The van der Waals surface area contributed by atoms with Crippen LogP contribution < -0.4 is 14.2 Å². The molecule has 2 aliphatic rings. The van der Waals surface area contributed by atoms with Crippen LogP contribution in [-0.4, -0.2) is 44.8 Å². The first-order valence-corrected chi connectivity index (χ1v) is 11.5. The van der Waals surface area contributed by atoms with Crippen molar-refractivity contribution in [1.29, 1.82) is 0 Å². The van der Waals surface area contributed by atoms with E-state index in [1.165, 1.54) is 21.3 Å². The topological polar surface area (TPSA) is 91.3 Å². The van der Waals surface area contributed by atoms with Crippen molar-refractivity contribution in [3.05, 3.63) is 77.9 Å². The maximum absolute atomic E-state index is 13.5. The number of ether oxygens (including phenoxy) is 4. The normalized spacial score (nSPS) is 25.1. The second-order valence-electron chi connectivity index (χ2n) is 8.73. The minimum absolute atomic E-state index is 0.0202. The molecule has 7 nitrogen and oxygen atoms in total. The van der Waals surface area contributed by atoms with Crippen LogP contribution in [0, 0.1) is 23.7 Å². The van der Waals surface area contributed by atoms with Crippen molar-refractivity contribution in [2.45, 2.75) is 12.5 Å². The van der Waals surface area contributed by atoms with Crippen molar-refractivity contribution >= 4 is 11.8 Å². The number of carboxylic acid groups (broad SMARTS) is 1. The van der Waals surface area contributed by atoms with Gasteiger partial charge in [-0.1, -0.05) is 54.6 Å². The molecule has 1 saturated carbocycles. The van der Waals surface area contributed by atoms with Gasteiger partial charge in [-0.3, -0.25) is 9.59 Å². The quantitative estimate of drug-likeness (QED) is 0.575. The number of ketones is 1. The van der Waals surface area contributed by atoms with Gasteiger partial charge in [0, 0.05) is 11.8 Å². The van der Waals surface area contributed by atoms with Crippen LogP contribution in [0.25, 0.3) is 0 Å². The molecule has 4 rings (SSSR count). The number of hydrogen-bond acceptors (Lipinski definition) is 6. The monoisotopic (exact) mass is 478 g/mol. The van der Waals surface area contributed by atoms with E-state index in [9.17, 15) is 14.7 Å². The average molecular weight is 479 g/mol. The van der Waals surface area contributed by atoms with Gasteiger partial charge in [0.2, 0.25) is 5.75 Å². The van der Waals surface area contributed by atoms with Gasteiger partial charge in [0.15, 0.2) is 11.5 Å². The number of Topliss-reactive ketones (excluding diaryl/α,β-unsaturated/α-hetero) is 1. The molecule has 0 heterocycles. The number of carbonyl (C=O) groups is 2. The van der Waals surface area contributed by atoms with Crippen LogP contribution in [0.4, 0.5) is 0 Å². The Morgan fingerprint density at radius 2 is 1.60 bits per heavy atom. The molecule has 0 radical (unpaired) electrons. The number of benzene rings is 2. The summed E-state index contributed by atoms with van der Waals surface area (Å²) in [6.07, 6.45) is 7.49. The van der Waals surface area contributed by atoms with E-state index in [2.05, 4.69) is 0 Å². The van der Waals surface area contributed by atoms with Crippen molar-refractivity contribution < 1.29 is 33.6 Å². The zero-order valence-corrected chi connectivity index (χ0v) is 20.0. The van der Waals surface area contributed by atoms with E-state index >= 15 is 0 Å².